The van der Waals surface area contributed by atoms with Gasteiger partial charge in [0.05, 0.1) is 5.60 Å². The molecule has 0 radical (unpaired) electrons. The third-order valence-electron chi connectivity index (χ3n) is 4.93. The van der Waals surface area contributed by atoms with Crippen LogP contribution in [-0.4, -0.2) is 24.8 Å². The van der Waals surface area contributed by atoms with E-state index in [-0.39, 0.29) is 5.60 Å². The summed E-state index contributed by atoms with van der Waals surface area (Å²) in [5.74, 6) is 1.59. The molecule has 2 heteroatoms. The van der Waals surface area contributed by atoms with E-state index in [1.807, 2.05) is 0 Å². The van der Waals surface area contributed by atoms with E-state index in [0.717, 1.165) is 25.0 Å². The molecule has 120 valence electrons. The highest BCUT2D eigenvalue weighted by molar-refractivity contribution is 4.97. The van der Waals surface area contributed by atoms with Crippen molar-refractivity contribution in [2.24, 2.45) is 11.8 Å². The van der Waals surface area contributed by atoms with Crippen molar-refractivity contribution in [2.45, 2.75) is 91.2 Å². The molecule has 1 rings (SSSR count). The van der Waals surface area contributed by atoms with Gasteiger partial charge in [-0.05, 0) is 44.6 Å². The minimum absolute atomic E-state index is 0.0877. The number of hydrogen-bond acceptors (Lipinski definition) is 2. The average molecular weight is 284 g/mol. The zero-order valence-corrected chi connectivity index (χ0v) is 14.5. The Morgan fingerprint density at radius 1 is 1.30 bits per heavy atom. The smallest absolute Gasteiger partial charge is 0.0837 e. The second kappa shape index (κ2) is 9.04. The molecule has 0 bridgehead atoms. The van der Waals surface area contributed by atoms with Crippen LogP contribution >= 0.6 is 0 Å². The molecule has 2 nitrogen and oxygen atoms in total. The van der Waals surface area contributed by atoms with Crippen molar-refractivity contribution in [1.29, 1.82) is 0 Å². The summed E-state index contributed by atoms with van der Waals surface area (Å²) < 4.78 is 6.37. The van der Waals surface area contributed by atoms with Crippen molar-refractivity contribution in [3.8, 4) is 0 Å². The van der Waals surface area contributed by atoms with Crippen molar-refractivity contribution in [3.63, 3.8) is 0 Å². The lowest BCUT2D eigenvalue weighted by Gasteiger charge is -2.46. The fourth-order valence-corrected chi connectivity index (χ4v) is 4.12. The van der Waals surface area contributed by atoms with Gasteiger partial charge in [0, 0.05) is 12.6 Å². The molecule has 0 aliphatic heterocycles. The summed E-state index contributed by atoms with van der Waals surface area (Å²) in [5.41, 5.74) is 0.0877. The van der Waals surface area contributed by atoms with E-state index in [1.54, 1.807) is 0 Å². The second-order valence-corrected chi connectivity index (χ2v) is 6.94. The van der Waals surface area contributed by atoms with Crippen LogP contribution < -0.4 is 5.32 Å². The lowest BCUT2D eigenvalue weighted by atomic mass is 9.72. The van der Waals surface area contributed by atoms with E-state index in [9.17, 15) is 0 Å². The third-order valence-corrected chi connectivity index (χ3v) is 4.93. The van der Waals surface area contributed by atoms with Crippen LogP contribution in [0.3, 0.4) is 0 Å². The summed E-state index contributed by atoms with van der Waals surface area (Å²) in [6, 6.07) is 0.525. The molecule has 1 aliphatic rings. The van der Waals surface area contributed by atoms with Gasteiger partial charge in [0.25, 0.3) is 0 Å². The molecule has 1 aliphatic carbocycles. The Morgan fingerprint density at radius 2 is 2.05 bits per heavy atom. The fraction of sp³-hybridized carbons (Fsp3) is 1.00. The third kappa shape index (κ3) is 5.04. The standard InChI is InChI=1S/C18H37NO/c1-6-10-15(4)13-17(19-7-2)18(20-8-3)12-9-11-16(5)14-18/h15-17,19H,6-14H2,1-5H3. The Balaban J connectivity index is 2.80. The van der Waals surface area contributed by atoms with Crippen LogP contribution in [0, 0.1) is 11.8 Å². The first-order valence-corrected chi connectivity index (χ1v) is 8.95. The number of hydrogen-bond donors (Lipinski definition) is 1. The van der Waals surface area contributed by atoms with Gasteiger partial charge >= 0.3 is 0 Å². The summed E-state index contributed by atoms with van der Waals surface area (Å²) in [7, 11) is 0. The van der Waals surface area contributed by atoms with E-state index in [0.29, 0.717) is 6.04 Å². The Morgan fingerprint density at radius 3 is 2.60 bits per heavy atom. The largest absolute Gasteiger partial charge is 0.374 e. The number of nitrogens with one attached hydrogen (secondary N) is 1. The highest BCUT2D eigenvalue weighted by Gasteiger charge is 2.42. The van der Waals surface area contributed by atoms with Crippen molar-refractivity contribution in [3.05, 3.63) is 0 Å². The van der Waals surface area contributed by atoms with E-state index in [2.05, 4.69) is 39.9 Å². The quantitative estimate of drug-likeness (QED) is 0.658. The van der Waals surface area contributed by atoms with Crippen LogP contribution in [0.25, 0.3) is 0 Å². The summed E-state index contributed by atoms with van der Waals surface area (Å²) in [6.45, 7) is 13.4. The SMILES string of the molecule is CCCC(C)CC(NCC)C1(OCC)CCCC(C)C1. The van der Waals surface area contributed by atoms with Crippen molar-refractivity contribution in [1.82, 2.24) is 5.32 Å². The molecule has 0 saturated heterocycles. The van der Waals surface area contributed by atoms with Gasteiger partial charge in [0.1, 0.15) is 0 Å². The van der Waals surface area contributed by atoms with Gasteiger partial charge in [-0.25, -0.2) is 0 Å². The van der Waals surface area contributed by atoms with Gasteiger partial charge in [-0.1, -0.05) is 53.4 Å². The Kier molecular flexibility index (Phi) is 8.13. The molecule has 4 unspecified atom stereocenters. The lowest BCUT2D eigenvalue weighted by Crippen LogP contribution is -2.55. The van der Waals surface area contributed by atoms with Gasteiger partial charge in [-0.3, -0.25) is 0 Å². The molecular formula is C18H37NO. The summed E-state index contributed by atoms with van der Waals surface area (Å²) in [4.78, 5) is 0. The van der Waals surface area contributed by atoms with Crippen molar-refractivity contribution in [2.75, 3.05) is 13.2 Å². The van der Waals surface area contributed by atoms with Crippen LogP contribution in [0.2, 0.25) is 0 Å². The van der Waals surface area contributed by atoms with E-state index in [4.69, 9.17) is 4.74 Å². The summed E-state index contributed by atoms with van der Waals surface area (Å²) >= 11 is 0. The van der Waals surface area contributed by atoms with E-state index < -0.39 is 0 Å². The highest BCUT2D eigenvalue weighted by atomic mass is 16.5. The monoisotopic (exact) mass is 283 g/mol. The molecule has 0 aromatic heterocycles. The van der Waals surface area contributed by atoms with Gasteiger partial charge in [0.15, 0.2) is 0 Å². The van der Waals surface area contributed by atoms with Crippen LogP contribution in [0.5, 0.6) is 0 Å². The van der Waals surface area contributed by atoms with Crippen LogP contribution in [-0.2, 0) is 4.74 Å². The number of likely N-dealkylation sites (N-methyl/N-ethyl adjacent to an activating group) is 1. The molecule has 4 atom stereocenters. The molecule has 1 saturated carbocycles. The molecule has 1 fully saturated rings. The average Bonchev–Trinajstić information content (AvgIpc) is 2.39. The predicted octanol–water partition coefficient (Wildman–Crippen LogP) is 4.78. The van der Waals surface area contributed by atoms with Crippen molar-refractivity contribution >= 4 is 0 Å². The molecular weight excluding hydrogens is 246 g/mol. The van der Waals surface area contributed by atoms with Gasteiger partial charge in [0.2, 0.25) is 0 Å². The van der Waals surface area contributed by atoms with Gasteiger partial charge in [-0.2, -0.15) is 0 Å². The second-order valence-electron chi connectivity index (χ2n) is 6.94. The molecule has 0 heterocycles. The first kappa shape index (κ1) is 18.0. The molecule has 0 aromatic rings. The maximum absolute atomic E-state index is 6.37. The van der Waals surface area contributed by atoms with Gasteiger partial charge in [-0.15, -0.1) is 0 Å². The lowest BCUT2D eigenvalue weighted by molar-refractivity contribution is -0.104. The Bertz CT molecular complexity index is 252. The van der Waals surface area contributed by atoms with Crippen LogP contribution in [0.15, 0.2) is 0 Å². The maximum atomic E-state index is 6.37. The van der Waals surface area contributed by atoms with Gasteiger partial charge < -0.3 is 10.1 Å². The summed E-state index contributed by atoms with van der Waals surface area (Å²) in [6.07, 6.45) is 9.05. The fourth-order valence-electron chi connectivity index (χ4n) is 4.12. The zero-order valence-electron chi connectivity index (χ0n) is 14.5. The molecule has 0 spiro atoms. The van der Waals surface area contributed by atoms with Crippen molar-refractivity contribution < 1.29 is 4.74 Å². The molecule has 0 aromatic carbocycles. The Hall–Kier alpha value is -0.0800. The van der Waals surface area contributed by atoms with Crippen LogP contribution in [0.1, 0.15) is 79.6 Å². The number of ether oxygens (including phenoxy) is 1. The first-order chi connectivity index (χ1) is 9.57. The topological polar surface area (TPSA) is 21.3 Å². The minimum atomic E-state index is 0.0877. The minimum Gasteiger partial charge on any atom is -0.374 e. The van der Waals surface area contributed by atoms with Crippen LogP contribution in [0.4, 0.5) is 0 Å². The van der Waals surface area contributed by atoms with E-state index >= 15 is 0 Å². The normalized spacial score (nSPS) is 30.1. The molecule has 0 amide bonds. The van der Waals surface area contributed by atoms with E-state index in [1.165, 1.54) is 44.9 Å². The maximum Gasteiger partial charge on any atom is 0.0837 e. The zero-order chi connectivity index (χ0) is 15.0. The Labute approximate surface area is 127 Å². The first-order valence-electron chi connectivity index (χ1n) is 8.95. The molecule has 1 N–H and O–H groups in total. The molecule has 20 heavy (non-hydrogen) atoms. The number of rotatable bonds is 9. The summed E-state index contributed by atoms with van der Waals surface area (Å²) in [5, 5.41) is 3.76. The predicted molar refractivity (Wildman–Crippen MR) is 88.1 cm³/mol. The highest BCUT2D eigenvalue weighted by Crippen LogP contribution is 2.39.